The Morgan fingerprint density at radius 2 is 1.43 bits per heavy atom. The number of carbonyl (C=O) groups excluding carboxylic acids is 1. The fourth-order valence-corrected chi connectivity index (χ4v) is 7.72. The molecule has 2 heterocycles. The summed E-state index contributed by atoms with van der Waals surface area (Å²) in [5.74, 6) is 2.07. The van der Waals surface area contributed by atoms with Crippen molar-refractivity contribution in [1.29, 1.82) is 0 Å². The Hall–Kier alpha value is -0.770. The van der Waals surface area contributed by atoms with Crippen LogP contribution in [0.5, 0.6) is 0 Å². The summed E-state index contributed by atoms with van der Waals surface area (Å²) in [7, 11) is 0. The second kappa shape index (κ2) is 8.16. The first-order chi connectivity index (χ1) is 13.8. The first-order valence-electron chi connectivity index (χ1n) is 12.6. The van der Waals surface area contributed by atoms with Gasteiger partial charge in [-0.25, -0.2) is 4.79 Å². The maximum absolute atomic E-state index is 13.2. The molecular weight excluding hydrogens is 346 g/mol. The topological polar surface area (TPSA) is 26.8 Å². The van der Waals surface area contributed by atoms with Gasteiger partial charge in [-0.2, -0.15) is 0 Å². The minimum Gasteiger partial charge on any atom is -0.320 e. The summed E-state index contributed by atoms with van der Waals surface area (Å²) in [4.78, 5) is 20.6. The van der Waals surface area contributed by atoms with Gasteiger partial charge in [0, 0.05) is 31.7 Å². The molecule has 4 nitrogen and oxygen atoms in total. The molecule has 0 N–H and O–H groups in total. The first kappa shape index (κ1) is 19.2. The monoisotopic (exact) mass is 387 g/mol. The number of hydrogen-bond donors (Lipinski definition) is 0. The van der Waals surface area contributed by atoms with Crippen LogP contribution >= 0.6 is 0 Å². The fraction of sp³-hybridized carbons (Fsp3) is 0.958. The van der Waals surface area contributed by atoms with Gasteiger partial charge in [0.05, 0.1) is 12.1 Å². The normalized spacial score (nSPS) is 40.5. The largest absolute Gasteiger partial charge is 0.320 e. The van der Waals surface area contributed by atoms with E-state index in [0.717, 1.165) is 24.4 Å². The number of carbonyl (C=O) groups is 1. The summed E-state index contributed by atoms with van der Waals surface area (Å²) < 4.78 is 0. The van der Waals surface area contributed by atoms with Crippen LogP contribution in [0.4, 0.5) is 4.79 Å². The highest BCUT2D eigenvalue weighted by molar-refractivity contribution is 5.78. The van der Waals surface area contributed by atoms with Crippen LogP contribution < -0.4 is 0 Å². The van der Waals surface area contributed by atoms with E-state index < -0.39 is 0 Å². The molecule has 5 fully saturated rings. The van der Waals surface area contributed by atoms with E-state index in [4.69, 9.17) is 0 Å². The Bertz CT molecular complexity index is 558. The molecule has 2 saturated heterocycles. The number of fused-ring (bicyclic) bond motifs is 2. The molecule has 3 saturated carbocycles. The van der Waals surface area contributed by atoms with E-state index in [-0.39, 0.29) is 0 Å². The van der Waals surface area contributed by atoms with E-state index in [1.165, 1.54) is 96.6 Å². The van der Waals surface area contributed by atoms with Gasteiger partial charge in [0.25, 0.3) is 0 Å². The Labute approximate surface area is 172 Å². The van der Waals surface area contributed by atoms with Gasteiger partial charge in [-0.05, 0) is 63.7 Å². The average molecular weight is 388 g/mol. The van der Waals surface area contributed by atoms with Crippen molar-refractivity contribution in [3.63, 3.8) is 0 Å². The van der Waals surface area contributed by atoms with Gasteiger partial charge in [-0.1, -0.05) is 38.5 Å². The van der Waals surface area contributed by atoms with Gasteiger partial charge in [0.15, 0.2) is 0 Å². The van der Waals surface area contributed by atoms with Gasteiger partial charge >= 0.3 is 6.03 Å². The third kappa shape index (κ3) is 3.38. The van der Waals surface area contributed by atoms with Crippen molar-refractivity contribution in [3.8, 4) is 0 Å². The van der Waals surface area contributed by atoms with Crippen LogP contribution in [0.25, 0.3) is 0 Å². The zero-order valence-corrected chi connectivity index (χ0v) is 18.0. The molecule has 4 heteroatoms. The number of rotatable bonds is 3. The molecule has 5 rings (SSSR count). The molecule has 158 valence electrons. The van der Waals surface area contributed by atoms with E-state index in [1.807, 2.05) is 0 Å². The quantitative estimate of drug-likeness (QED) is 0.690. The minimum atomic E-state index is 0.362. The molecule has 0 aromatic rings. The first-order valence-corrected chi connectivity index (χ1v) is 12.6. The van der Waals surface area contributed by atoms with Gasteiger partial charge in [0.1, 0.15) is 0 Å². The number of likely N-dealkylation sites (N-methyl/N-ethyl adjacent to an activating group) is 1. The molecule has 0 spiro atoms. The number of likely N-dealkylation sites (tertiary alicyclic amines) is 1. The van der Waals surface area contributed by atoms with Crippen molar-refractivity contribution < 1.29 is 4.79 Å². The lowest BCUT2D eigenvalue weighted by atomic mass is 9.69. The summed E-state index contributed by atoms with van der Waals surface area (Å²) in [5, 5.41) is 0. The summed E-state index contributed by atoms with van der Waals surface area (Å²) in [6.07, 6.45) is 17.8. The summed E-state index contributed by atoms with van der Waals surface area (Å²) in [6, 6.07) is 2.71. The van der Waals surface area contributed by atoms with Crippen molar-refractivity contribution in [3.05, 3.63) is 0 Å². The predicted molar refractivity (Wildman–Crippen MR) is 113 cm³/mol. The highest BCUT2D eigenvalue weighted by Gasteiger charge is 2.49. The second-order valence-corrected chi connectivity index (χ2v) is 10.4. The number of hydrogen-bond acceptors (Lipinski definition) is 2. The number of nitrogens with zero attached hydrogens (tertiary/aromatic N) is 3. The summed E-state index contributed by atoms with van der Waals surface area (Å²) >= 11 is 0. The molecule has 28 heavy (non-hydrogen) atoms. The molecule has 5 atom stereocenters. The van der Waals surface area contributed by atoms with Gasteiger partial charge in [0.2, 0.25) is 0 Å². The Balaban J connectivity index is 1.19. The molecular formula is C24H41N3O. The lowest BCUT2D eigenvalue weighted by Crippen LogP contribution is -2.52. The van der Waals surface area contributed by atoms with Gasteiger partial charge in [-0.15, -0.1) is 0 Å². The van der Waals surface area contributed by atoms with Crippen molar-refractivity contribution in [2.24, 2.45) is 11.8 Å². The van der Waals surface area contributed by atoms with E-state index >= 15 is 0 Å². The van der Waals surface area contributed by atoms with Crippen LogP contribution in [-0.4, -0.2) is 64.5 Å². The molecule has 2 aliphatic heterocycles. The van der Waals surface area contributed by atoms with E-state index in [1.54, 1.807) is 0 Å². The standard InChI is InChI=1S/C24H41N3O/c1-2-26-22-9-5-6-10-23(22)27(24(26)28)20-13-15-25(16-14-20)21-12-11-18-7-3-4-8-19(18)17-21/h18-23H,2-17H2,1H3/t18?,19?,21?,22-,23+/m0/s1. The van der Waals surface area contributed by atoms with Gasteiger partial charge in [-0.3, -0.25) is 0 Å². The zero-order chi connectivity index (χ0) is 19.1. The highest BCUT2D eigenvalue weighted by Crippen LogP contribution is 2.43. The molecule has 3 unspecified atom stereocenters. The average Bonchev–Trinajstić information content (AvgIpc) is 3.04. The predicted octanol–water partition coefficient (Wildman–Crippen LogP) is 4.88. The molecule has 0 aromatic carbocycles. The van der Waals surface area contributed by atoms with E-state index in [9.17, 15) is 4.79 Å². The second-order valence-electron chi connectivity index (χ2n) is 10.4. The van der Waals surface area contributed by atoms with Crippen molar-refractivity contribution in [2.75, 3.05) is 19.6 Å². The number of urea groups is 1. The van der Waals surface area contributed by atoms with Crippen LogP contribution in [-0.2, 0) is 0 Å². The fourth-order valence-electron chi connectivity index (χ4n) is 7.72. The molecule has 0 aromatic heterocycles. The summed E-state index contributed by atoms with van der Waals surface area (Å²) in [6.45, 7) is 5.50. The molecule has 0 bridgehead atoms. The number of piperidine rings is 1. The SMILES string of the molecule is CCN1C(=O)N(C2CCN(C3CCC4CCCCC4C3)CC2)[C@@H]2CCCC[C@@H]21. The molecule has 0 radical (unpaired) electrons. The van der Waals surface area contributed by atoms with Crippen LogP contribution in [0, 0.1) is 11.8 Å². The molecule has 3 aliphatic carbocycles. The molecule has 5 aliphatic rings. The third-order valence-corrected chi connectivity index (χ3v) is 9.18. The minimum absolute atomic E-state index is 0.362. The van der Waals surface area contributed by atoms with Crippen LogP contribution in [0.15, 0.2) is 0 Å². The Morgan fingerprint density at radius 3 is 2.18 bits per heavy atom. The van der Waals surface area contributed by atoms with E-state index in [2.05, 4.69) is 21.6 Å². The maximum Gasteiger partial charge on any atom is 0.320 e. The number of amides is 2. The van der Waals surface area contributed by atoms with E-state index in [0.29, 0.717) is 24.2 Å². The Morgan fingerprint density at radius 1 is 0.750 bits per heavy atom. The van der Waals surface area contributed by atoms with Crippen LogP contribution in [0.2, 0.25) is 0 Å². The van der Waals surface area contributed by atoms with Crippen molar-refractivity contribution in [2.45, 2.75) is 115 Å². The van der Waals surface area contributed by atoms with Crippen LogP contribution in [0.3, 0.4) is 0 Å². The van der Waals surface area contributed by atoms with Crippen LogP contribution in [0.1, 0.15) is 90.4 Å². The van der Waals surface area contributed by atoms with Crippen molar-refractivity contribution in [1.82, 2.24) is 14.7 Å². The third-order valence-electron chi connectivity index (χ3n) is 9.18. The molecule has 2 amide bonds. The zero-order valence-electron chi connectivity index (χ0n) is 18.0. The van der Waals surface area contributed by atoms with Gasteiger partial charge < -0.3 is 14.7 Å². The smallest absolute Gasteiger partial charge is 0.320 e. The summed E-state index contributed by atoms with van der Waals surface area (Å²) in [5.41, 5.74) is 0. The highest BCUT2D eigenvalue weighted by atomic mass is 16.2. The maximum atomic E-state index is 13.2. The lowest BCUT2D eigenvalue weighted by Gasteiger charge is -2.47. The Kier molecular flexibility index (Phi) is 5.60. The van der Waals surface area contributed by atoms with Crippen molar-refractivity contribution >= 4 is 6.03 Å². The lowest BCUT2D eigenvalue weighted by molar-refractivity contribution is 0.0384.